The van der Waals surface area contributed by atoms with Crippen LogP contribution in [0.5, 0.6) is 0 Å². The van der Waals surface area contributed by atoms with Gasteiger partial charge in [0.1, 0.15) is 0 Å². The molecule has 2 amide bonds. The molecule has 0 aliphatic rings. The van der Waals surface area contributed by atoms with Crippen LogP contribution in [0.15, 0.2) is 36.4 Å². The van der Waals surface area contributed by atoms with Crippen LogP contribution in [0, 0.1) is 27.7 Å². The van der Waals surface area contributed by atoms with Crippen LogP contribution in [0.1, 0.15) is 22.3 Å². The summed E-state index contributed by atoms with van der Waals surface area (Å²) in [5, 5.41) is 0. The van der Waals surface area contributed by atoms with E-state index in [1.54, 1.807) is 0 Å². The van der Waals surface area contributed by atoms with Gasteiger partial charge >= 0.3 is 6.03 Å². The van der Waals surface area contributed by atoms with E-state index in [1.807, 2.05) is 43.3 Å². The zero-order valence-corrected chi connectivity index (χ0v) is 13.4. The number of benzene rings is 2. The molecule has 4 N–H and O–H groups in total. The molecule has 0 unspecified atom stereocenters. The number of nitrogens with one attached hydrogen (secondary N) is 4. The fourth-order valence-electron chi connectivity index (χ4n) is 2.15. The van der Waals surface area contributed by atoms with Crippen molar-refractivity contribution in [3.63, 3.8) is 0 Å². The number of anilines is 2. The van der Waals surface area contributed by atoms with Gasteiger partial charge in [0.2, 0.25) is 0 Å². The second-order valence-electron chi connectivity index (χ2n) is 5.31. The van der Waals surface area contributed by atoms with Gasteiger partial charge in [-0.25, -0.2) is 4.79 Å². The summed E-state index contributed by atoms with van der Waals surface area (Å²) >= 11 is 0. The number of para-hydroxylation sites is 1. The molecule has 2 rings (SSSR count). The Hall–Kier alpha value is -2.69. The average molecular weight is 298 g/mol. The highest BCUT2D eigenvalue weighted by Gasteiger charge is 2.07. The van der Waals surface area contributed by atoms with Crippen LogP contribution < -0.4 is 21.7 Å². The summed E-state index contributed by atoms with van der Waals surface area (Å²) in [5.74, 6) is 0. The molecule has 0 saturated carbocycles. The Balaban J connectivity index is 1.92. The fraction of sp³-hybridized carbons (Fsp3) is 0.235. The molecule has 2 aromatic rings. The Labute approximate surface area is 131 Å². The third-order valence-electron chi connectivity index (χ3n) is 3.89. The number of aryl methyl sites for hydroxylation is 1. The first-order valence-corrected chi connectivity index (χ1v) is 7.19. The first kappa shape index (κ1) is 15.7. The van der Waals surface area contributed by atoms with Gasteiger partial charge in [-0.1, -0.05) is 18.2 Å². The highest BCUT2D eigenvalue weighted by molar-refractivity contribution is 5.77. The van der Waals surface area contributed by atoms with Gasteiger partial charge in [-0.3, -0.25) is 21.7 Å². The molecule has 5 heteroatoms. The van der Waals surface area contributed by atoms with E-state index in [2.05, 4.69) is 42.5 Å². The van der Waals surface area contributed by atoms with E-state index in [4.69, 9.17) is 0 Å². The minimum atomic E-state index is -0.362. The zero-order chi connectivity index (χ0) is 16.1. The van der Waals surface area contributed by atoms with Gasteiger partial charge in [-0.15, -0.1) is 0 Å². The lowest BCUT2D eigenvalue weighted by Crippen LogP contribution is -2.42. The quantitative estimate of drug-likeness (QED) is 0.652. The third-order valence-corrected chi connectivity index (χ3v) is 3.89. The van der Waals surface area contributed by atoms with Gasteiger partial charge in [0, 0.05) is 0 Å². The molecule has 0 aliphatic heterocycles. The maximum Gasteiger partial charge on any atom is 0.352 e. The van der Waals surface area contributed by atoms with Gasteiger partial charge in [0.05, 0.1) is 11.4 Å². The Bertz CT molecular complexity index is 668. The van der Waals surface area contributed by atoms with Crippen molar-refractivity contribution in [3.05, 3.63) is 58.7 Å². The standard InChI is InChI=1S/C17H22N4O/c1-11-10-16(14(4)13(3)12(11)2)19-21-17(22)20-18-15-8-6-5-7-9-15/h5-10,18-19H,1-4H3,(H2,20,21,22). The average Bonchev–Trinajstić information content (AvgIpc) is 2.54. The molecular formula is C17H22N4O. The van der Waals surface area contributed by atoms with Crippen molar-refractivity contribution >= 4 is 17.4 Å². The van der Waals surface area contributed by atoms with E-state index in [1.165, 1.54) is 16.7 Å². The Morgan fingerprint density at radius 1 is 0.818 bits per heavy atom. The summed E-state index contributed by atoms with van der Waals surface area (Å²) in [5.41, 5.74) is 17.5. The van der Waals surface area contributed by atoms with Crippen LogP contribution in [0.2, 0.25) is 0 Å². The number of urea groups is 1. The molecule has 0 radical (unpaired) electrons. The van der Waals surface area contributed by atoms with E-state index in [0.717, 1.165) is 16.9 Å². The van der Waals surface area contributed by atoms with Crippen molar-refractivity contribution in [1.29, 1.82) is 0 Å². The number of carbonyl (C=O) groups excluding carboxylic acids is 1. The monoisotopic (exact) mass is 298 g/mol. The lowest BCUT2D eigenvalue weighted by molar-refractivity contribution is 0.244. The first-order chi connectivity index (χ1) is 10.5. The van der Waals surface area contributed by atoms with Gasteiger partial charge in [0.15, 0.2) is 0 Å². The molecule has 0 saturated heterocycles. The highest BCUT2D eigenvalue weighted by Crippen LogP contribution is 2.24. The van der Waals surface area contributed by atoms with Crippen LogP contribution in [-0.4, -0.2) is 6.03 Å². The number of hydrogen-bond acceptors (Lipinski definition) is 3. The lowest BCUT2D eigenvalue weighted by atomic mass is 9.98. The molecular weight excluding hydrogens is 276 g/mol. The molecule has 2 aromatic carbocycles. The molecule has 0 heterocycles. The fourth-order valence-corrected chi connectivity index (χ4v) is 2.15. The highest BCUT2D eigenvalue weighted by atomic mass is 16.2. The van der Waals surface area contributed by atoms with E-state index in [9.17, 15) is 4.79 Å². The lowest BCUT2D eigenvalue weighted by Gasteiger charge is -2.17. The SMILES string of the molecule is Cc1cc(NNC(=O)NNc2ccccc2)c(C)c(C)c1C. The molecule has 116 valence electrons. The summed E-state index contributed by atoms with van der Waals surface area (Å²) in [4.78, 5) is 11.8. The van der Waals surface area contributed by atoms with Crippen LogP contribution >= 0.6 is 0 Å². The second kappa shape index (κ2) is 6.85. The van der Waals surface area contributed by atoms with Crippen molar-refractivity contribution < 1.29 is 4.79 Å². The number of amides is 2. The number of rotatable bonds is 4. The van der Waals surface area contributed by atoms with E-state index in [-0.39, 0.29) is 6.03 Å². The maximum atomic E-state index is 11.8. The summed E-state index contributed by atoms with van der Waals surface area (Å²) in [6.45, 7) is 8.28. The van der Waals surface area contributed by atoms with Crippen LogP contribution in [0.3, 0.4) is 0 Å². The molecule has 0 atom stereocenters. The topological polar surface area (TPSA) is 65.2 Å². The van der Waals surface area contributed by atoms with Crippen molar-refractivity contribution in [1.82, 2.24) is 10.9 Å². The predicted molar refractivity (Wildman–Crippen MR) is 90.7 cm³/mol. The minimum absolute atomic E-state index is 0.362. The van der Waals surface area contributed by atoms with Crippen molar-refractivity contribution in [3.8, 4) is 0 Å². The molecule has 0 aliphatic carbocycles. The number of hydrazine groups is 2. The summed E-state index contributed by atoms with van der Waals surface area (Å²) < 4.78 is 0. The summed E-state index contributed by atoms with van der Waals surface area (Å²) in [6.07, 6.45) is 0. The van der Waals surface area contributed by atoms with Crippen molar-refractivity contribution in [2.24, 2.45) is 0 Å². The third kappa shape index (κ3) is 3.69. The Morgan fingerprint density at radius 2 is 1.45 bits per heavy atom. The van der Waals surface area contributed by atoms with Crippen molar-refractivity contribution in [2.75, 3.05) is 10.9 Å². The van der Waals surface area contributed by atoms with E-state index in [0.29, 0.717) is 0 Å². The van der Waals surface area contributed by atoms with E-state index >= 15 is 0 Å². The van der Waals surface area contributed by atoms with Crippen LogP contribution in [0.4, 0.5) is 16.2 Å². The smallest absolute Gasteiger partial charge is 0.297 e. The number of hydrogen-bond donors (Lipinski definition) is 4. The molecule has 22 heavy (non-hydrogen) atoms. The van der Waals surface area contributed by atoms with Gasteiger partial charge in [-0.05, 0) is 68.1 Å². The molecule has 0 spiro atoms. The minimum Gasteiger partial charge on any atom is -0.297 e. The Morgan fingerprint density at radius 3 is 2.14 bits per heavy atom. The van der Waals surface area contributed by atoms with Crippen molar-refractivity contribution in [2.45, 2.75) is 27.7 Å². The summed E-state index contributed by atoms with van der Waals surface area (Å²) in [7, 11) is 0. The van der Waals surface area contributed by atoms with Gasteiger partial charge < -0.3 is 0 Å². The Kier molecular flexibility index (Phi) is 4.88. The zero-order valence-electron chi connectivity index (χ0n) is 13.4. The molecule has 0 fully saturated rings. The second-order valence-corrected chi connectivity index (χ2v) is 5.31. The summed E-state index contributed by atoms with van der Waals surface area (Å²) in [6, 6.07) is 11.1. The van der Waals surface area contributed by atoms with Crippen LogP contribution in [-0.2, 0) is 0 Å². The molecule has 5 nitrogen and oxygen atoms in total. The maximum absolute atomic E-state index is 11.8. The van der Waals surface area contributed by atoms with E-state index < -0.39 is 0 Å². The van der Waals surface area contributed by atoms with Gasteiger partial charge in [-0.2, -0.15) is 0 Å². The first-order valence-electron chi connectivity index (χ1n) is 7.19. The largest absolute Gasteiger partial charge is 0.352 e. The normalized spacial score (nSPS) is 10.0. The van der Waals surface area contributed by atoms with Crippen LogP contribution in [0.25, 0.3) is 0 Å². The predicted octanol–water partition coefficient (Wildman–Crippen LogP) is 3.57. The number of carbonyl (C=O) groups is 1. The van der Waals surface area contributed by atoms with Gasteiger partial charge in [0.25, 0.3) is 0 Å². The molecule has 0 aromatic heterocycles. The molecule has 0 bridgehead atoms.